The van der Waals surface area contributed by atoms with Crippen molar-refractivity contribution in [3.63, 3.8) is 0 Å². The van der Waals surface area contributed by atoms with E-state index >= 15 is 0 Å². The summed E-state index contributed by atoms with van der Waals surface area (Å²) in [6.07, 6.45) is -0.283. The van der Waals surface area contributed by atoms with Crippen LogP contribution >= 0.6 is 11.6 Å². The molecule has 1 aromatic heterocycles. The standard InChI is InChI=1S/C15H14ClNO6/c1-2-23-15(22)12-7(4-6-10(18)19)11-8(14(20)21)3-5-9(16)13(11)17-12/h3,5,17H,2,4,6H2,1H3,(H,18,19)(H,20,21). The maximum atomic E-state index is 12.1. The second kappa shape index (κ2) is 6.70. The van der Waals surface area contributed by atoms with Gasteiger partial charge in [-0.05, 0) is 31.0 Å². The van der Waals surface area contributed by atoms with Crippen molar-refractivity contribution in [2.45, 2.75) is 19.8 Å². The minimum Gasteiger partial charge on any atom is -0.481 e. The smallest absolute Gasteiger partial charge is 0.355 e. The molecule has 1 heterocycles. The fraction of sp³-hybridized carbons (Fsp3) is 0.267. The first-order valence-corrected chi connectivity index (χ1v) is 7.19. The molecule has 2 rings (SSSR count). The number of aryl methyl sites for hydroxylation is 1. The SMILES string of the molecule is CCOC(=O)c1[nH]c2c(Cl)ccc(C(=O)O)c2c1CCC(=O)O. The molecule has 0 aliphatic carbocycles. The zero-order valence-electron chi connectivity index (χ0n) is 12.2. The summed E-state index contributed by atoms with van der Waals surface area (Å²) >= 11 is 6.07. The monoisotopic (exact) mass is 339 g/mol. The van der Waals surface area contributed by atoms with Crippen molar-refractivity contribution in [3.05, 3.63) is 34.0 Å². The van der Waals surface area contributed by atoms with E-state index in [1.54, 1.807) is 6.92 Å². The third-order valence-electron chi connectivity index (χ3n) is 3.31. The van der Waals surface area contributed by atoms with Gasteiger partial charge in [-0.25, -0.2) is 9.59 Å². The van der Waals surface area contributed by atoms with Gasteiger partial charge in [0.2, 0.25) is 0 Å². The minimum absolute atomic E-state index is 0.0237. The first-order chi connectivity index (χ1) is 10.9. The molecule has 0 radical (unpaired) electrons. The van der Waals surface area contributed by atoms with Gasteiger partial charge in [0.1, 0.15) is 5.69 Å². The number of nitrogens with one attached hydrogen (secondary N) is 1. The summed E-state index contributed by atoms with van der Waals surface area (Å²) in [5.41, 5.74) is 0.519. The van der Waals surface area contributed by atoms with Crippen molar-refractivity contribution < 1.29 is 29.3 Å². The highest BCUT2D eigenvalue weighted by Crippen LogP contribution is 2.32. The van der Waals surface area contributed by atoms with Gasteiger partial charge in [-0.2, -0.15) is 0 Å². The van der Waals surface area contributed by atoms with Gasteiger partial charge in [-0.15, -0.1) is 0 Å². The number of aliphatic carboxylic acids is 1. The molecule has 122 valence electrons. The largest absolute Gasteiger partial charge is 0.481 e. The number of aromatic amines is 1. The number of benzene rings is 1. The lowest BCUT2D eigenvalue weighted by atomic mass is 10.0. The number of H-pyrrole nitrogens is 1. The zero-order chi connectivity index (χ0) is 17.1. The van der Waals surface area contributed by atoms with Gasteiger partial charge in [0.15, 0.2) is 0 Å². The molecular weight excluding hydrogens is 326 g/mol. The summed E-state index contributed by atoms with van der Waals surface area (Å²) < 4.78 is 4.94. The molecule has 0 atom stereocenters. The zero-order valence-corrected chi connectivity index (χ0v) is 12.9. The highest BCUT2D eigenvalue weighted by molar-refractivity contribution is 6.36. The molecule has 1 aromatic carbocycles. The second-order valence-electron chi connectivity index (χ2n) is 4.74. The third kappa shape index (κ3) is 3.29. The topological polar surface area (TPSA) is 117 Å². The molecule has 3 N–H and O–H groups in total. The Labute approximate surface area is 135 Å². The van der Waals surface area contributed by atoms with Crippen LogP contribution in [0.15, 0.2) is 12.1 Å². The summed E-state index contributed by atoms with van der Waals surface area (Å²) in [6, 6.07) is 2.72. The summed E-state index contributed by atoms with van der Waals surface area (Å²) in [4.78, 5) is 37.1. The average Bonchev–Trinajstić information content (AvgIpc) is 2.85. The Morgan fingerprint density at radius 3 is 2.52 bits per heavy atom. The van der Waals surface area contributed by atoms with Gasteiger partial charge in [-0.1, -0.05) is 11.6 Å². The fourth-order valence-electron chi connectivity index (χ4n) is 2.38. The average molecular weight is 340 g/mol. The fourth-order valence-corrected chi connectivity index (χ4v) is 2.58. The Morgan fingerprint density at radius 1 is 1.26 bits per heavy atom. The molecule has 0 unspecified atom stereocenters. The number of esters is 1. The van der Waals surface area contributed by atoms with Crippen LogP contribution in [0.1, 0.15) is 39.8 Å². The molecule has 0 aliphatic heterocycles. The Hall–Kier alpha value is -2.54. The lowest BCUT2D eigenvalue weighted by Crippen LogP contribution is -2.09. The van der Waals surface area contributed by atoms with Crippen LogP contribution in [0.25, 0.3) is 10.9 Å². The third-order valence-corrected chi connectivity index (χ3v) is 3.62. The summed E-state index contributed by atoms with van der Waals surface area (Å²) in [5.74, 6) is -2.94. The molecule has 0 aliphatic rings. The number of carbonyl (C=O) groups excluding carboxylic acids is 1. The van der Waals surface area contributed by atoms with Gasteiger partial charge in [-0.3, -0.25) is 4.79 Å². The minimum atomic E-state index is -1.20. The number of rotatable bonds is 6. The Morgan fingerprint density at radius 2 is 1.96 bits per heavy atom. The number of hydrogen-bond acceptors (Lipinski definition) is 4. The molecule has 0 spiro atoms. The molecular formula is C15H14ClNO6. The van der Waals surface area contributed by atoms with Crippen LogP contribution in [0.3, 0.4) is 0 Å². The van der Waals surface area contributed by atoms with Gasteiger partial charge in [0, 0.05) is 11.8 Å². The number of halogens is 1. The van der Waals surface area contributed by atoms with E-state index in [1.165, 1.54) is 12.1 Å². The van der Waals surface area contributed by atoms with Crippen LogP contribution in [0.2, 0.25) is 5.02 Å². The van der Waals surface area contributed by atoms with E-state index in [0.717, 1.165) is 0 Å². The van der Waals surface area contributed by atoms with Crippen LogP contribution in [-0.4, -0.2) is 39.7 Å². The molecule has 0 bridgehead atoms. The van der Waals surface area contributed by atoms with Crippen molar-refractivity contribution in [3.8, 4) is 0 Å². The quantitative estimate of drug-likeness (QED) is 0.697. The van der Waals surface area contributed by atoms with E-state index in [9.17, 15) is 19.5 Å². The normalized spacial score (nSPS) is 10.7. The number of carbonyl (C=O) groups is 3. The molecule has 0 fully saturated rings. The molecule has 0 saturated carbocycles. The Bertz CT molecular complexity index is 795. The number of aromatic nitrogens is 1. The van der Waals surface area contributed by atoms with Crippen molar-refractivity contribution in [2.24, 2.45) is 0 Å². The lowest BCUT2D eigenvalue weighted by Gasteiger charge is -2.05. The van der Waals surface area contributed by atoms with E-state index in [1.807, 2.05) is 0 Å². The second-order valence-corrected chi connectivity index (χ2v) is 5.15. The van der Waals surface area contributed by atoms with Gasteiger partial charge >= 0.3 is 17.9 Å². The van der Waals surface area contributed by atoms with Gasteiger partial charge in [0.05, 0.1) is 22.7 Å². The maximum Gasteiger partial charge on any atom is 0.355 e. The van der Waals surface area contributed by atoms with Gasteiger partial charge in [0.25, 0.3) is 0 Å². The predicted molar refractivity (Wildman–Crippen MR) is 82.2 cm³/mol. The van der Waals surface area contributed by atoms with Crippen LogP contribution in [0, 0.1) is 0 Å². The van der Waals surface area contributed by atoms with E-state index in [2.05, 4.69) is 4.98 Å². The molecule has 23 heavy (non-hydrogen) atoms. The van der Waals surface area contributed by atoms with Crippen LogP contribution in [0.4, 0.5) is 0 Å². The van der Waals surface area contributed by atoms with Crippen molar-refractivity contribution >= 4 is 40.4 Å². The highest BCUT2D eigenvalue weighted by Gasteiger charge is 2.24. The highest BCUT2D eigenvalue weighted by atomic mass is 35.5. The number of aromatic carboxylic acids is 1. The first kappa shape index (κ1) is 16.8. The van der Waals surface area contributed by atoms with E-state index in [4.69, 9.17) is 21.4 Å². The van der Waals surface area contributed by atoms with Crippen molar-refractivity contribution in [2.75, 3.05) is 6.61 Å². The number of carboxylic acids is 2. The van der Waals surface area contributed by atoms with E-state index < -0.39 is 17.9 Å². The number of ether oxygens (including phenoxy) is 1. The predicted octanol–water partition coefficient (Wildman–Crippen LogP) is 2.71. The van der Waals surface area contributed by atoms with Crippen LogP contribution < -0.4 is 0 Å². The van der Waals surface area contributed by atoms with E-state index in [0.29, 0.717) is 0 Å². The summed E-state index contributed by atoms with van der Waals surface area (Å²) in [7, 11) is 0. The molecule has 0 saturated heterocycles. The summed E-state index contributed by atoms with van der Waals surface area (Å²) in [5, 5.41) is 18.7. The van der Waals surface area contributed by atoms with Crippen molar-refractivity contribution in [1.82, 2.24) is 4.98 Å². The Kier molecular flexibility index (Phi) is 4.90. The summed E-state index contributed by atoms with van der Waals surface area (Å²) in [6.45, 7) is 1.76. The first-order valence-electron chi connectivity index (χ1n) is 6.82. The molecule has 0 amide bonds. The molecule has 7 nitrogen and oxygen atoms in total. The molecule has 8 heteroatoms. The van der Waals surface area contributed by atoms with Crippen molar-refractivity contribution in [1.29, 1.82) is 0 Å². The number of hydrogen-bond donors (Lipinski definition) is 3. The number of fused-ring (bicyclic) bond motifs is 1. The van der Waals surface area contributed by atoms with Crippen LogP contribution in [-0.2, 0) is 16.0 Å². The number of carboxylic acid groups (broad SMARTS) is 2. The Balaban J connectivity index is 2.74. The maximum absolute atomic E-state index is 12.1. The van der Waals surface area contributed by atoms with E-state index in [-0.39, 0.29) is 52.2 Å². The molecule has 2 aromatic rings. The lowest BCUT2D eigenvalue weighted by molar-refractivity contribution is -0.136. The van der Waals surface area contributed by atoms with Gasteiger partial charge < -0.3 is 19.9 Å². The van der Waals surface area contributed by atoms with Crippen LogP contribution in [0.5, 0.6) is 0 Å².